The first kappa shape index (κ1) is 18.7. The maximum absolute atomic E-state index is 12.5. The van der Waals surface area contributed by atoms with Crippen molar-refractivity contribution in [2.75, 3.05) is 11.9 Å². The highest BCUT2D eigenvalue weighted by atomic mass is 32.1. The van der Waals surface area contributed by atoms with E-state index in [1.54, 1.807) is 47.7 Å². The average Bonchev–Trinajstić information content (AvgIpc) is 3.22. The van der Waals surface area contributed by atoms with Crippen LogP contribution in [0.2, 0.25) is 0 Å². The summed E-state index contributed by atoms with van der Waals surface area (Å²) in [7, 11) is 0. The van der Waals surface area contributed by atoms with E-state index >= 15 is 0 Å². The lowest BCUT2D eigenvalue weighted by molar-refractivity contribution is -0.123. The number of hydrogen-bond acceptors (Lipinski definition) is 4. The number of para-hydroxylation sites is 2. The van der Waals surface area contributed by atoms with Gasteiger partial charge in [0, 0.05) is 10.6 Å². The number of hydrogen-bond donors (Lipinski definition) is 2. The van der Waals surface area contributed by atoms with Crippen LogP contribution >= 0.6 is 11.3 Å². The predicted molar refractivity (Wildman–Crippen MR) is 107 cm³/mol. The number of amides is 2. The predicted octanol–water partition coefficient (Wildman–Crippen LogP) is 4.26. The second-order valence-corrected chi connectivity index (χ2v) is 6.89. The largest absolute Gasteiger partial charge is 0.483 e. The van der Waals surface area contributed by atoms with Gasteiger partial charge in [0.1, 0.15) is 5.75 Å². The molecule has 1 aromatic heterocycles. The second kappa shape index (κ2) is 9.00. The van der Waals surface area contributed by atoms with E-state index in [1.165, 1.54) is 0 Å². The Hall–Kier alpha value is -3.12. The van der Waals surface area contributed by atoms with E-state index in [9.17, 15) is 9.59 Å². The Morgan fingerprint density at radius 3 is 2.48 bits per heavy atom. The minimum Gasteiger partial charge on any atom is -0.483 e. The molecule has 0 saturated heterocycles. The molecule has 2 aromatic carbocycles. The number of nitrogens with one attached hydrogen (secondary N) is 2. The highest BCUT2D eigenvalue weighted by Gasteiger charge is 2.15. The topological polar surface area (TPSA) is 67.4 Å². The summed E-state index contributed by atoms with van der Waals surface area (Å²) in [6.07, 6.45) is 0. The van der Waals surface area contributed by atoms with E-state index in [1.807, 2.05) is 42.6 Å². The molecule has 1 heterocycles. The Morgan fingerprint density at radius 1 is 1.00 bits per heavy atom. The molecule has 1 atom stereocenters. The highest BCUT2D eigenvalue weighted by molar-refractivity contribution is 7.10. The van der Waals surface area contributed by atoms with Crippen molar-refractivity contribution in [1.82, 2.24) is 5.32 Å². The van der Waals surface area contributed by atoms with Crippen molar-refractivity contribution in [2.45, 2.75) is 13.0 Å². The third-order valence-corrected chi connectivity index (χ3v) is 4.92. The Labute approximate surface area is 162 Å². The van der Waals surface area contributed by atoms with Crippen molar-refractivity contribution in [2.24, 2.45) is 0 Å². The number of carbonyl (C=O) groups is 2. The number of thiophene rings is 1. The summed E-state index contributed by atoms with van der Waals surface area (Å²) in [6, 6.07) is 19.9. The lowest BCUT2D eigenvalue weighted by Crippen LogP contribution is -2.31. The third-order valence-electron chi connectivity index (χ3n) is 3.87. The van der Waals surface area contributed by atoms with Gasteiger partial charge in [-0.3, -0.25) is 9.59 Å². The number of benzene rings is 2. The first-order chi connectivity index (χ1) is 13.1. The Bertz CT molecular complexity index is 895. The maximum atomic E-state index is 12.5. The summed E-state index contributed by atoms with van der Waals surface area (Å²) in [5, 5.41) is 7.67. The van der Waals surface area contributed by atoms with Gasteiger partial charge in [0.05, 0.1) is 11.6 Å². The van der Waals surface area contributed by atoms with Crippen molar-refractivity contribution in [3.63, 3.8) is 0 Å². The number of carbonyl (C=O) groups excluding carboxylic acids is 2. The SMILES string of the molecule is C[C@@H](NC(=O)COc1ccccc1C(=O)Nc1ccccc1)c1cccs1. The summed E-state index contributed by atoms with van der Waals surface area (Å²) >= 11 is 1.59. The zero-order valence-corrected chi connectivity index (χ0v) is 15.7. The molecular weight excluding hydrogens is 360 g/mol. The van der Waals surface area contributed by atoms with Gasteiger partial charge in [0.2, 0.25) is 0 Å². The molecule has 0 spiro atoms. The monoisotopic (exact) mass is 380 g/mol. The van der Waals surface area contributed by atoms with Gasteiger partial charge in [0.15, 0.2) is 6.61 Å². The fourth-order valence-corrected chi connectivity index (χ4v) is 3.27. The fourth-order valence-electron chi connectivity index (χ4n) is 2.54. The molecule has 27 heavy (non-hydrogen) atoms. The van der Waals surface area contributed by atoms with Crippen molar-refractivity contribution < 1.29 is 14.3 Å². The van der Waals surface area contributed by atoms with Gasteiger partial charge >= 0.3 is 0 Å². The molecule has 2 amide bonds. The van der Waals surface area contributed by atoms with Gasteiger partial charge in [-0.15, -0.1) is 11.3 Å². The summed E-state index contributed by atoms with van der Waals surface area (Å²) in [5.41, 5.74) is 1.07. The van der Waals surface area contributed by atoms with Gasteiger partial charge in [-0.25, -0.2) is 0 Å². The van der Waals surface area contributed by atoms with E-state index in [4.69, 9.17) is 4.74 Å². The Balaban J connectivity index is 1.60. The van der Waals surface area contributed by atoms with Gasteiger partial charge < -0.3 is 15.4 Å². The van der Waals surface area contributed by atoms with Crippen molar-refractivity contribution in [3.8, 4) is 5.75 Å². The number of ether oxygens (including phenoxy) is 1. The molecule has 2 N–H and O–H groups in total. The standard InChI is InChI=1S/C21H20N2O3S/c1-15(19-12-7-13-27-19)22-20(24)14-26-18-11-6-5-10-17(18)21(25)23-16-8-3-2-4-9-16/h2-13,15H,14H2,1H3,(H,22,24)(H,23,25)/t15-/m1/s1. The molecule has 0 aliphatic heterocycles. The van der Waals surface area contributed by atoms with Crippen LogP contribution < -0.4 is 15.4 Å². The quantitative estimate of drug-likeness (QED) is 0.644. The smallest absolute Gasteiger partial charge is 0.259 e. The molecule has 138 valence electrons. The molecule has 3 aromatic rings. The van der Waals surface area contributed by atoms with Gasteiger partial charge in [-0.05, 0) is 42.6 Å². The fraction of sp³-hybridized carbons (Fsp3) is 0.143. The van der Waals surface area contributed by atoms with Crippen LogP contribution in [0.25, 0.3) is 0 Å². The Kier molecular flexibility index (Phi) is 6.22. The second-order valence-electron chi connectivity index (χ2n) is 5.91. The van der Waals surface area contributed by atoms with Gasteiger partial charge in [-0.1, -0.05) is 36.4 Å². The minimum atomic E-state index is -0.288. The van der Waals surface area contributed by atoms with E-state index in [2.05, 4.69) is 10.6 Å². The summed E-state index contributed by atoms with van der Waals surface area (Å²) in [4.78, 5) is 25.8. The summed E-state index contributed by atoms with van der Waals surface area (Å²) < 4.78 is 5.61. The van der Waals surface area contributed by atoms with Crippen molar-refractivity contribution in [3.05, 3.63) is 82.6 Å². The molecule has 0 fully saturated rings. The molecule has 0 saturated carbocycles. The molecular formula is C21H20N2O3S. The van der Waals surface area contributed by atoms with Crippen molar-refractivity contribution in [1.29, 1.82) is 0 Å². The van der Waals surface area contributed by atoms with Crippen LogP contribution in [0.4, 0.5) is 5.69 Å². The molecule has 0 radical (unpaired) electrons. The van der Waals surface area contributed by atoms with Crippen LogP contribution in [-0.2, 0) is 4.79 Å². The van der Waals surface area contributed by atoms with Gasteiger partial charge in [0.25, 0.3) is 11.8 Å². The third kappa shape index (κ3) is 5.18. The Morgan fingerprint density at radius 2 is 1.74 bits per heavy atom. The van der Waals surface area contributed by atoms with E-state index in [0.29, 0.717) is 17.0 Å². The van der Waals surface area contributed by atoms with Crippen LogP contribution in [-0.4, -0.2) is 18.4 Å². The van der Waals surface area contributed by atoms with E-state index in [-0.39, 0.29) is 24.5 Å². The van der Waals surface area contributed by atoms with Crippen LogP contribution in [0.3, 0.4) is 0 Å². The molecule has 0 bridgehead atoms. The molecule has 0 aliphatic carbocycles. The summed E-state index contributed by atoms with van der Waals surface area (Å²) in [5.74, 6) is -0.164. The maximum Gasteiger partial charge on any atom is 0.259 e. The number of rotatable bonds is 7. The molecule has 0 aliphatic rings. The highest BCUT2D eigenvalue weighted by Crippen LogP contribution is 2.20. The first-order valence-electron chi connectivity index (χ1n) is 8.54. The molecule has 6 heteroatoms. The van der Waals surface area contributed by atoms with Crippen molar-refractivity contribution >= 4 is 28.8 Å². The lowest BCUT2D eigenvalue weighted by atomic mass is 10.2. The molecule has 5 nitrogen and oxygen atoms in total. The summed E-state index contributed by atoms with van der Waals surface area (Å²) in [6.45, 7) is 1.76. The first-order valence-corrected chi connectivity index (χ1v) is 9.42. The van der Waals surface area contributed by atoms with E-state index in [0.717, 1.165) is 4.88 Å². The zero-order valence-electron chi connectivity index (χ0n) is 14.8. The zero-order chi connectivity index (χ0) is 19.1. The molecule has 3 rings (SSSR count). The number of anilines is 1. The van der Waals surface area contributed by atoms with Crippen LogP contribution in [0.5, 0.6) is 5.75 Å². The normalized spacial score (nSPS) is 11.4. The molecule has 0 unspecified atom stereocenters. The van der Waals surface area contributed by atoms with Gasteiger partial charge in [-0.2, -0.15) is 0 Å². The van der Waals surface area contributed by atoms with Crippen LogP contribution in [0, 0.1) is 0 Å². The van der Waals surface area contributed by atoms with Crippen LogP contribution in [0.15, 0.2) is 72.1 Å². The minimum absolute atomic E-state index is 0.0854. The lowest BCUT2D eigenvalue weighted by Gasteiger charge is -2.14. The van der Waals surface area contributed by atoms with Crippen LogP contribution in [0.1, 0.15) is 28.2 Å². The van der Waals surface area contributed by atoms with E-state index < -0.39 is 0 Å². The average molecular weight is 380 g/mol.